The first-order valence-electron chi connectivity index (χ1n) is 8.48. The summed E-state index contributed by atoms with van der Waals surface area (Å²) < 4.78 is 0. The number of nitrogens with zero attached hydrogens (tertiary/aromatic N) is 4. The molecule has 136 valence electrons. The predicted octanol–water partition coefficient (Wildman–Crippen LogP) is 3.60. The second-order valence-corrected chi connectivity index (χ2v) is 7.09. The van der Waals surface area contributed by atoms with Gasteiger partial charge in [-0.05, 0) is 50.4 Å². The fraction of sp³-hybridized carbons (Fsp3) is 0.316. The van der Waals surface area contributed by atoms with Crippen LogP contribution in [0.5, 0.6) is 0 Å². The molecule has 2 aromatic rings. The Hall–Kier alpha value is -2.51. The van der Waals surface area contributed by atoms with Gasteiger partial charge in [-0.15, -0.1) is 11.3 Å². The lowest BCUT2D eigenvalue weighted by Crippen LogP contribution is -2.33. The molecule has 1 aliphatic rings. The van der Waals surface area contributed by atoms with E-state index < -0.39 is 6.23 Å². The first kappa shape index (κ1) is 18.3. The molecule has 0 radical (unpaired) electrons. The van der Waals surface area contributed by atoms with E-state index in [1.54, 1.807) is 23.9 Å². The zero-order valence-corrected chi connectivity index (χ0v) is 15.9. The molecule has 0 aromatic carbocycles. The number of thiophene rings is 1. The van der Waals surface area contributed by atoms with E-state index in [0.717, 1.165) is 27.7 Å². The highest BCUT2D eigenvalue weighted by atomic mass is 32.1. The van der Waals surface area contributed by atoms with Gasteiger partial charge in [0.15, 0.2) is 0 Å². The van der Waals surface area contributed by atoms with E-state index in [-0.39, 0.29) is 12.7 Å². The lowest BCUT2D eigenvalue weighted by Gasteiger charge is -2.28. The largest absolute Gasteiger partial charge is 0.372 e. The Balaban J connectivity index is 1.53. The highest BCUT2D eigenvalue weighted by Gasteiger charge is 2.15. The van der Waals surface area contributed by atoms with Gasteiger partial charge in [0.1, 0.15) is 12.4 Å². The number of nitrogens with one attached hydrogen (secondary N) is 1. The molecular weight excluding hydrogens is 346 g/mol. The quantitative estimate of drug-likeness (QED) is 0.464. The summed E-state index contributed by atoms with van der Waals surface area (Å²) in [6.45, 7) is 6.27. The number of anilines is 1. The van der Waals surface area contributed by atoms with E-state index in [1.165, 1.54) is 0 Å². The maximum Gasteiger partial charge on any atom is 0.144 e. The Morgan fingerprint density at radius 2 is 2.23 bits per heavy atom. The van der Waals surface area contributed by atoms with Crippen molar-refractivity contribution in [3.8, 4) is 10.6 Å². The van der Waals surface area contributed by atoms with E-state index >= 15 is 0 Å². The lowest BCUT2D eigenvalue weighted by atomic mass is 10.2. The van der Waals surface area contributed by atoms with Gasteiger partial charge in [0.2, 0.25) is 0 Å². The van der Waals surface area contributed by atoms with Crippen molar-refractivity contribution in [3.63, 3.8) is 0 Å². The summed E-state index contributed by atoms with van der Waals surface area (Å²) in [5.74, 6) is 0. The van der Waals surface area contributed by atoms with Gasteiger partial charge in [-0.25, -0.2) is 0 Å². The zero-order valence-electron chi connectivity index (χ0n) is 15.1. The molecule has 0 bridgehead atoms. The molecule has 2 unspecified atom stereocenters. The van der Waals surface area contributed by atoms with Crippen LogP contribution in [0, 0.1) is 0 Å². The van der Waals surface area contributed by atoms with Crippen LogP contribution >= 0.6 is 11.3 Å². The molecule has 7 heteroatoms. The molecule has 2 N–H and O–H groups in total. The van der Waals surface area contributed by atoms with Gasteiger partial charge in [0.05, 0.1) is 35.3 Å². The van der Waals surface area contributed by atoms with Gasteiger partial charge in [-0.1, -0.05) is 6.07 Å². The van der Waals surface area contributed by atoms with Crippen LogP contribution in [-0.2, 0) is 0 Å². The molecule has 0 amide bonds. The smallest absolute Gasteiger partial charge is 0.144 e. The maximum absolute atomic E-state index is 10.1. The third kappa shape index (κ3) is 4.56. The highest BCUT2D eigenvalue weighted by Crippen LogP contribution is 2.23. The topological polar surface area (TPSA) is 73.1 Å². The monoisotopic (exact) mass is 369 g/mol. The number of pyridine rings is 1. The molecule has 0 fully saturated rings. The predicted molar refractivity (Wildman–Crippen MR) is 109 cm³/mol. The number of aliphatic hydroxyl groups excluding tert-OH is 1. The third-order valence-electron chi connectivity index (χ3n) is 3.97. The number of aliphatic hydroxyl groups is 1. The number of hydrogen-bond donors (Lipinski definition) is 2. The molecule has 6 nitrogen and oxygen atoms in total. The van der Waals surface area contributed by atoms with Crippen molar-refractivity contribution in [2.45, 2.75) is 33.2 Å². The van der Waals surface area contributed by atoms with Gasteiger partial charge in [-0.2, -0.15) is 0 Å². The number of allylic oxidation sites excluding steroid dienone is 2. The van der Waals surface area contributed by atoms with Crippen LogP contribution in [0.1, 0.15) is 20.8 Å². The van der Waals surface area contributed by atoms with Gasteiger partial charge in [0, 0.05) is 11.4 Å². The summed E-state index contributed by atoms with van der Waals surface area (Å²) in [6, 6.07) is 7.88. The van der Waals surface area contributed by atoms with Gasteiger partial charge in [0.25, 0.3) is 0 Å². The Morgan fingerprint density at radius 1 is 1.38 bits per heavy atom. The van der Waals surface area contributed by atoms with Crippen LogP contribution in [-0.4, -0.2) is 46.0 Å². The fourth-order valence-electron chi connectivity index (χ4n) is 2.78. The number of rotatable bonds is 6. The van der Waals surface area contributed by atoms with Crippen molar-refractivity contribution in [3.05, 3.63) is 47.6 Å². The molecule has 3 heterocycles. The van der Waals surface area contributed by atoms with Crippen molar-refractivity contribution in [2.75, 3.05) is 11.9 Å². The molecule has 0 saturated heterocycles. The standard InChI is InChI=1S/C19H23N5OS/c1-13-9-14(2)24(15(3)22-13)12-20-11-19(25)23-16-6-7-17(21-10-16)18-5-4-8-26-18/h4-10,12,15,19,23,25H,11H2,1-3H3/b20-12-. The third-order valence-corrected chi connectivity index (χ3v) is 4.87. The Bertz CT molecular complexity index is 811. The maximum atomic E-state index is 10.1. The minimum atomic E-state index is -0.782. The van der Waals surface area contributed by atoms with Crippen LogP contribution in [0.3, 0.4) is 0 Å². The second-order valence-electron chi connectivity index (χ2n) is 6.15. The van der Waals surface area contributed by atoms with Gasteiger partial charge < -0.3 is 15.3 Å². The summed E-state index contributed by atoms with van der Waals surface area (Å²) in [5, 5.41) is 15.2. The average molecular weight is 369 g/mol. The van der Waals surface area contributed by atoms with E-state index in [1.807, 2.05) is 61.4 Å². The minimum absolute atomic E-state index is 0.0165. The summed E-state index contributed by atoms with van der Waals surface area (Å²) in [7, 11) is 0. The fourth-order valence-corrected chi connectivity index (χ4v) is 3.48. The summed E-state index contributed by atoms with van der Waals surface area (Å²) >= 11 is 1.65. The average Bonchev–Trinajstić information content (AvgIpc) is 3.12. The van der Waals surface area contributed by atoms with Crippen molar-refractivity contribution in [2.24, 2.45) is 9.98 Å². The lowest BCUT2D eigenvalue weighted by molar-refractivity contribution is 0.212. The van der Waals surface area contributed by atoms with Crippen molar-refractivity contribution in [1.29, 1.82) is 0 Å². The Labute approximate surface area is 157 Å². The summed E-state index contributed by atoms with van der Waals surface area (Å²) in [5.41, 5.74) is 3.79. The molecular formula is C19H23N5OS. The molecule has 2 atom stereocenters. The molecule has 2 aromatic heterocycles. The van der Waals surface area contributed by atoms with Crippen LogP contribution in [0.25, 0.3) is 10.6 Å². The summed E-state index contributed by atoms with van der Waals surface area (Å²) in [4.78, 5) is 16.4. The van der Waals surface area contributed by atoms with Crippen LogP contribution < -0.4 is 5.32 Å². The van der Waals surface area contributed by atoms with Crippen molar-refractivity contribution < 1.29 is 5.11 Å². The molecule has 0 aliphatic carbocycles. The SMILES string of the molecule is CC1=CC(C)=NC(C)N1/C=N\CC(O)Nc1ccc(-c2cccs2)nc1. The number of aliphatic imine (C=N–C) groups is 2. The Kier molecular flexibility index (Phi) is 5.80. The molecule has 0 spiro atoms. The van der Waals surface area contributed by atoms with E-state index in [0.29, 0.717) is 0 Å². The van der Waals surface area contributed by atoms with Gasteiger partial charge in [-0.3, -0.25) is 15.0 Å². The minimum Gasteiger partial charge on any atom is -0.372 e. The van der Waals surface area contributed by atoms with Crippen LogP contribution in [0.15, 0.2) is 57.6 Å². The Morgan fingerprint density at radius 3 is 2.88 bits per heavy atom. The molecule has 0 saturated carbocycles. The zero-order chi connectivity index (χ0) is 18.5. The van der Waals surface area contributed by atoms with Crippen LogP contribution in [0.4, 0.5) is 5.69 Å². The highest BCUT2D eigenvalue weighted by molar-refractivity contribution is 7.13. The van der Waals surface area contributed by atoms with Gasteiger partial charge >= 0.3 is 0 Å². The summed E-state index contributed by atoms with van der Waals surface area (Å²) in [6.07, 6.45) is 4.70. The molecule has 3 rings (SSSR count). The van der Waals surface area contributed by atoms with Crippen LogP contribution in [0.2, 0.25) is 0 Å². The number of aromatic nitrogens is 1. The first-order chi connectivity index (χ1) is 12.5. The van der Waals surface area contributed by atoms with E-state index in [2.05, 4.69) is 20.3 Å². The van der Waals surface area contributed by atoms with Crippen molar-refractivity contribution >= 4 is 29.1 Å². The first-order valence-corrected chi connectivity index (χ1v) is 9.36. The molecule has 1 aliphatic heterocycles. The van der Waals surface area contributed by atoms with E-state index in [9.17, 15) is 5.11 Å². The second kappa shape index (κ2) is 8.25. The normalized spacial score (nSPS) is 18.6. The molecule has 26 heavy (non-hydrogen) atoms. The van der Waals surface area contributed by atoms with Crippen molar-refractivity contribution in [1.82, 2.24) is 9.88 Å². The number of hydrogen-bond acceptors (Lipinski definition) is 6. The van der Waals surface area contributed by atoms with E-state index in [4.69, 9.17) is 0 Å².